The Kier molecular flexibility index (Phi) is 4.96. The van der Waals surface area contributed by atoms with Gasteiger partial charge in [-0.05, 0) is 38.1 Å². The van der Waals surface area contributed by atoms with Gasteiger partial charge in [0.15, 0.2) is 0 Å². The summed E-state index contributed by atoms with van der Waals surface area (Å²) in [5.41, 5.74) is 1.92. The molecule has 0 saturated carbocycles. The molecule has 0 aliphatic heterocycles. The molecule has 0 saturated heterocycles. The van der Waals surface area contributed by atoms with E-state index in [1.165, 1.54) is 0 Å². The molecule has 1 aromatic heterocycles. The van der Waals surface area contributed by atoms with Gasteiger partial charge in [-0.25, -0.2) is 9.97 Å². The maximum Gasteiger partial charge on any atom is 0.138 e. The summed E-state index contributed by atoms with van der Waals surface area (Å²) in [6, 6.07) is 19.7. The standard InChI is InChI=1S/C19H19ClN4/c1-3-24(15-9-5-4-6-10-15)19-13-18(21-14(2)22-19)23-17-12-8-7-11-16(17)20/h4-13H,3H2,1-2H3,(H,21,22,23). The molecule has 3 rings (SSSR count). The molecule has 0 atom stereocenters. The number of benzene rings is 2. The zero-order valence-electron chi connectivity index (χ0n) is 13.7. The minimum absolute atomic E-state index is 0.658. The van der Waals surface area contributed by atoms with Crippen LogP contribution in [0.1, 0.15) is 12.7 Å². The first-order valence-electron chi connectivity index (χ1n) is 7.87. The topological polar surface area (TPSA) is 41.0 Å². The number of aryl methyl sites for hydroxylation is 1. The van der Waals surface area contributed by atoms with E-state index < -0.39 is 0 Å². The average Bonchev–Trinajstić information content (AvgIpc) is 2.58. The third-order valence-electron chi connectivity index (χ3n) is 3.62. The van der Waals surface area contributed by atoms with Gasteiger partial charge in [0.05, 0.1) is 10.7 Å². The number of anilines is 4. The van der Waals surface area contributed by atoms with Crippen LogP contribution in [0.15, 0.2) is 60.7 Å². The Balaban J connectivity index is 1.95. The normalized spacial score (nSPS) is 10.5. The van der Waals surface area contributed by atoms with Crippen molar-refractivity contribution in [3.8, 4) is 0 Å². The minimum atomic E-state index is 0.658. The van der Waals surface area contributed by atoms with E-state index in [-0.39, 0.29) is 0 Å². The highest BCUT2D eigenvalue weighted by molar-refractivity contribution is 6.33. The van der Waals surface area contributed by atoms with Crippen LogP contribution < -0.4 is 10.2 Å². The van der Waals surface area contributed by atoms with Crippen LogP contribution in [-0.2, 0) is 0 Å². The molecule has 0 fully saturated rings. The van der Waals surface area contributed by atoms with Gasteiger partial charge in [-0.2, -0.15) is 0 Å². The summed E-state index contributed by atoms with van der Waals surface area (Å²) in [5, 5.41) is 3.93. The van der Waals surface area contributed by atoms with Gasteiger partial charge in [-0.3, -0.25) is 0 Å². The Morgan fingerprint density at radius 1 is 1.00 bits per heavy atom. The van der Waals surface area contributed by atoms with E-state index in [9.17, 15) is 0 Å². The smallest absolute Gasteiger partial charge is 0.138 e. The molecular formula is C19H19ClN4. The van der Waals surface area contributed by atoms with Crippen molar-refractivity contribution < 1.29 is 0 Å². The molecule has 122 valence electrons. The number of rotatable bonds is 5. The summed E-state index contributed by atoms with van der Waals surface area (Å²) in [7, 11) is 0. The Hall–Kier alpha value is -2.59. The number of hydrogen-bond donors (Lipinski definition) is 1. The number of para-hydroxylation sites is 2. The molecule has 1 heterocycles. The molecule has 5 heteroatoms. The summed E-state index contributed by atoms with van der Waals surface area (Å²) in [4.78, 5) is 11.2. The molecule has 0 aliphatic carbocycles. The maximum atomic E-state index is 6.22. The molecule has 0 amide bonds. The van der Waals surface area contributed by atoms with E-state index in [2.05, 4.69) is 39.2 Å². The Morgan fingerprint density at radius 2 is 1.71 bits per heavy atom. The van der Waals surface area contributed by atoms with Crippen LogP contribution in [0.25, 0.3) is 0 Å². The van der Waals surface area contributed by atoms with E-state index in [4.69, 9.17) is 11.6 Å². The summed E-state index contributed by atoms with van der Waals surface area (Å²) in [6.07, 6.45) is 0. The van der Waals surface area contributed by atoms with Crippen molar-refractivity contribution in [2.45, 2.75) is 13.8 Å². The lowest BCUT2D eigenvalue weighted by molar-refractivity contribution is 0.953. The largest absolute Gasteiger partial charge is 0.339 e. The molecule has 0 bridgehead atoms. The van der Waals surface area contributed by atoms with Crippen LogP contribution in [0.5, 0.6) is 0 Å². The molecule has 24 heavy (non-hydrogen) atoms. The number of hydrogen-bond acceptors (Lipinski definition) is 4. The van der Waals surface area contributed by atoms with E-state index in [0.717, 1.165) is 29.6 Å². The van der Waals surface area contributed by atoms with Gasteiger partial charge in [-0.1, -0.05) is 41.9 Å². The van der Waals surface area contributed by atoms with Crippen molar-refractivity contribution in [2.24, 2.45) is 0 Å². The first kappa shape index (κ1) is 16.3. The van der Waals surface area contributed by atoms with E-state index in [1.807, 2.05) is 55.5 Å². The highest BCUT2D eigenvalue weighted by Crippen LogP contribution is 2.28. The highest BCUT2D eigenvalue weighted by atomic mass is 35.5. The first-order chi connectivity index (χ1) is 11.7. The molecule has 2 aromatic carbocycles. The summed E-state index contributed by atoms with van der Waals surface area (Å²) in [6.45, 7) is 4.80. The Bertz CT molecular complexity index is 821. The second-order valence-corrected chi connectivity index (χ2v) is 5.75. The molecule has 0 radical (unpaired) electrons. The molecule has 0 aliphatic rings. The fourth-order valence-corrected chi connectivity index (χ4v) is 2.72. The average molecular weight is 339 g/mol. The Labute approximate surface area is 147 Å². The zero-order chi connectivity index (χ0) is 16.9. The van der Waals surface area contributed by atoms with Crippen LogP contribution in [0.3, 0.4) is 0 Å². The second-order valence-electron chi connectivity index (χ2n) is 5.34. The number of nitrogens with one attached hydrogen (secondary N) is 1. The van der Waals surface area contributed by atoms with Crippen molar-refractivity contribution in [3.05, 3.63) is 71.5 Å². The predicted octanol–water partition coefficient (Wildman–Crippen LogP) is 5.34. The first-order valence-corrected chi connectivity index (χ1v) is 8.25. The van der Waals surface area contributed by atoms with Crippen LogP contribution in [0.2, 0.25) is 5.02 Å². The van der Waals surface area contributed by atoms with Crippen molar-refractivity contribution in [1.82, 2.24) is 9.97 Å². The molecule has 0 unspecified atom stereocenters. The molecule has 1 N–H and O–H groups in total. The van der Waals surface area contributed by atoms with Crippen LogP contribution in [-0.4, -0.2) is 16.5 Å². The summed E-state index contributed by atoms with van der Waals surface area (Å²) >= 11 is 6.22. The van der Waals surface area contributed by atoms with Crippen LogP contribution in [0.4, 0.5) is 23.0 Å². The van der Waals surface area contributed by atoms with E-state index in [1.54, 1.807) is 0 Å². The third kappa shape index (κ3) is 3.66. The van der Waals surface area contributed by atoms with Crippen molar-refractivity contribution in [1.29, 1.82) is 0 Å². The van der Waals surface area contributed by atoms with Gasteiger partial charge >= 0.3 is 0 Å². The van der Waals surface area contributed by atoms with Gasteiger partial charge in [0.25, 0.3) is 0 Å². The summed E-state index contributed by atoms with van der Waals surface area (Å²) in [5.74, 6) is 2.28. The lowest BCUT2D eigenvalue weighted by atomic mass is 10.2. The minimum Gasteiger partial charge on any atom is -0.339 e. The van der Waals surface area contributed by atoms with Crippen molar-refractivity contribution in [2.75, 3.05) is 16.8 Å². The van der Waals surface area contributed by atoms with Gasteiger partial charge in [0, 0.05) is 18.3 Å². The van der Waals surface area contributed by atoms with Crippen molar-refractivity contribution in [3.63, 3.8) is 0 Å². The zero-order valence-corrected chi connectivity index (χ0v) is 14.5. The number of nitrogens with zero attached hydrogens (tertiary/aromatic N) is 3. The van der Waals surface area contributed by atoms with Gasteiger partial charge in [0.2, 0.25) is 0 Å². The van der Waals surface area contributed by atoms with Crippen LogP contribution in [0, 0.1) is 6.92 Å². The number of halogens is 1. The molecular weight excluding hydrogens is 320 g/mol. The van der Waals surface area contributed by atoms with Gasteiger partial charge < -0.3 is 10.2 Å². The SMILES string of the molecule is CCN(c1ccccc1)c1cc(Nc2ccccc2Cl)nc(C)n1. The monoisotopic (exact) mass is 338 g/mol. The Morgan fingerprint density at radius 3 is 2.42 bits per heavy atom. The lowest BCUT2D eigenvalue weighted by Crippen LogP contribution is -2.18. The second kappa shape index (κ2) is 7.32. The van der Waals surface area contributed by atoms with Crippen molar-refractivity contribution >= 4 is 34.6 Å². The van der Waals surface area contributed by atoms with Crippen LogP contribution >= 0.6 is 11.6 Å². The molecule has 4 nitrogen and oxygen atoms in total. The molecule has 0 spiro atoms. The fraction of sp³-hybridized carbons (Fsp3) is 0.158. The summed E-state index contributed by atoms with van der Waals surface area (Å²) < 4.78 is 0. The van der Waals surface area contributed by atoms with Gasteiger partial charge in [-0.15, -0.1) is 0 Å². The van der Waals surface area contributed by atoms with E-state index in [0.29, 0.717) is 10.8 Å². The third-order valence-corrected chi connectivity index (χ3v) is 3.95. The van der Waals surface area contributed by atoms with Gasteiger partial charge in [0.1, 0.15) is 17.5 Å². The highest BCUT2D eigenvalue weighted by Gasteiger charge is 2.11. The maximum absolute atomic E-state index is 6.22. The van der Waals surface area contributed by atoms with E-state index >= 15 is 0 Å². The fourth-order valence-electron chi connectivity index (χ4n) is 2.54. The number of aromatic nitrogens is 2. The lowest BCUT2D eigenvalue weighted by Gasteiger charge is -2.23. The molecule has 3 aromatic rings. The quantitative estimate of drug-likeness (QED) is 0.681. The predicted molar refractivity (Wildman–Crippen MR) is 101 cm³/mol.